The number of carbonyl (C=O) groups excluding carboxylic acids is 1. The van der Waals surface area contributed by atoms with Crippen LogP contribution in [-0.4, -0.2) is 42.9 Å². The van der Waals surface area contributed by atoms with Gasteiger partial charge in [-0.05, 0) is 25.1 Å². The summed E-state index contributed by atoms with van der Waals surface area (Å²) in [5.74, 6) is 0. The Labute approximate surface area is 130 Å². The van der Waals surface area contributed by atoms with E-state index in [1.54, 1.807) is 0 Å². The highest BCUT2D eigenvalue weighted by Gasteiger charge is 2.31. The van der Waals surface area contributed by atoms with Crippen molar-refractivity contribution in [2.24, 2.45) is 0 Å². The number of unbranched alkanes of at least 4 members (excludes halogenated alkanes) is 1. The number of carbonyl (C=O) groups is 1. The van der Waals surface area contributed by atoms with Crippen molar-refractivity contribution in [2.75, 3.05) is 26.9 Å². The topological polar surface area (TPSA) is 44.8 Å². The molecule has 1 heterocycles. The van der Waals surface area contributed by atoms with Gasteiger partial charge in [-0.25, -0.2) is 9.80 Å². The molecular formula is C15H22ClN3O2. The lowest BCUT2D eigenvalue weighted by molar-refractivity contribution is 0.107. The Bertz CT molecular complexity index is 484. The number of benzene rings is 1. The van der Waals surface area contributed by atoms with Crippen molar-refractivity contribution in [1.82, 2.24) is 15.3 Å². The fraction of sp³-hybridized carbons (Fsp3) is 0.533. The Kier molecular flexibility index (Phi) is 5.85. The minimum atomic E-state index is -0.392. The van der Waals surface area contributed by atoms with Crippen LogP contribution in [0.5, 0.6) is 0 Å². The van der Waals surface area contributed by atoms with E-state index in [1.165, 1.54) is 0 Å². The third-order valence-corrected chi connectivity index (χ3v) is 3.91. The predicted octanol–water partition coefficient (Wildman–Crippen LogP) is 3.03. The summed E-state index contributed by atoms with van der Waals surface area (Å²) in [6.45, 7) is 3.84. The van der Waals surface area contributed by atoms with Crippen LogP contribution in [0.4, 0.5) is 4.79 Å². The minimum Gasteiger partial charge on any atom is -0.449 e. The van der Waals surface area contributed by atoms with Gasteiger partial charge in [0.2, 0.25) is 0 Å². The standard InChI is InChI=1S/C15H22ClN3O2/c1-3-4-9-21-15(20)17-19-10-14(18(2)11-19)12-7-5-6-8-13(12)16/h5-8,14H,3-4,9-11H2,1-2H3,(H,17,20). The Hall–Kier alpha value is -1.30. The lowest BCUT2D eigenvalue weighted by Crippen LogP contribution is -2.41. The molecule has 0 spiro atoms. The summed E-state index contributed by atoms with van der Waals surface area (Å²) < 4.78 is 5.11. The molecule has 21 heavy (non-hydrogen) atoms. The van der Waals surface area contributed by atoms with Gasteiger partial charge in [-0.1, -0.05) is 43.1 Å². The zero-order chi connectivity index (χ0) is 15.2. The summed E-state index contributed by atoms with van der Waals surface area (Å²) >= 11 is 6.25. The first-order valence-electron chi connectivity index (χ1n) is 7.24. The lowest BCUT2D eigenvalue weighted by atomic mass is 10.1. The quantitative estimate of drug-likeness (QED) is 0.849. The number of hydrogen-bond donors (Lipinski definition) is 1. The summed E-state index contributed by atoms with van der Waals surface area (Å²) in [7, 11) is 2.01. The molecule has 6 heteroatoms. The summed E-state index contributed by atoms with van der Waals surface area (Å²) in [5.41, 5.74) is 3.85. The average molecular weight is 312 g/mol. The number of hydrazine groups is 1. The van der Waals surface area contributed by atoms with Crippen molar-refractivity contribution in [2.45, 2.75) is 25.8 Å². The maximum absolute atomic E-state index is 11.7. The second-order valence-electron chi connectivity index (χ2n) is 5.26. The van der Waals surface area contributed by atoms with Crippen LogP contribution >= 0.6 is 11.6 Å². The highest BCUT2D eigenvalue weighted by Crippen LogP contribution is 2.30. The van der Waals surface area contributed by atoms with Gasteiger partial charge < -0.3 is 4.74 Å². The zero-order valence-corrected chi connectivity index (χ0v) is 13.3. The van der Waals surface area contributed by atoms with Crippen LogP contribution in [0.15, 0.2) is 24.3 Å². The van der Waals surface area contributed by atoms with Crippen molar-refractivity contribution in [3.05, 3.63) is 34.9 Å². The molecule has 0 aromatic heterocycles. The first-order chi connectivity index (χ1) is 10.1. The van der Waals surface area contributed by atoms with Gasteiger partial charge in [0.1, 0.15) is 0 Å². The molecule has 116 valence electrons. The minimum absolute atomic E-state index is 0.162. The molecule has 1 unspecified atom stereocenters. The van der Waals surface area contributed by atoms with Crippen molar-refractivity contribution in [3.8, 4) is 0 Å². The van der Waals surface area contributed by atoms with Crippen LogP contribution < -0.4 is 5.43 Å². The molecule has 0 radical (unpaired) electrons. The Balaban J connectivity index is 1.89. The number of halogens is 1. The number of rotatable bonds is 5. The van der Waals surface area contributed by atoms with Crippen LogP contribution in [0.25, 0.3) is 0 Å². The number of ether oxygens (including phenoxy) is 1. The van der Waals surface area contributed by atoms with Crippen molar-refractivity contribution < 1.29 is 9.53 Å². The van der Waals surface area contributed by atoms with E-state index in [2.05, 4.69) is 17.2 Å². The highest BCUT2D eigenvalue weighted by molar-refractivity contribution is 6.31. The van der Waals surface area contributed by atoms with Crippen LogP contribution in [0.2, 0.25) is 5.02 Å². The molecule has 1 aromatic rings. The Morgan fingerprint density at radius 1 is 1.48 bits per heavy atom. The van der Waals surface area contributed by atoms with E-state index in [1.807, 2.05) is 36.3 Å². The van der Waals surface area contributed by atoms with Crippen molar-refractivity contribution >= 4 is 17.7 Å². The summed E-state index contributed by atoms with van der Waals surface area (Å²) in [5, 5.41) is 2.60. The smallest absolute Gasteiger partial charge is 0.421 e. The third kappa shape index (κ3) is 4.33. The predicted molar refractivity (Wildman–Crippen MR) is 82.9 cm³/mol. The largest absolute Gasteiger partial charge is 0.449 e. The number of likely N-dealkylation sites (N-methyl/N-ethyl adjacent to an activating group) is 1. The number of hydrogen-bond acceptors (Lipinski definition) is 4. The molecule has 0 saturated carbocycles. The molecule has 1 aromatic carbocycles. The monoisotopic (exact) mass is 311 g/mol. The molecule has 1 saturated heterocycles. The van der Waals surface area contributed by atoms with E-state index in [0.717, 1.165) is 23.4 Å². The van der Waals surface area contributed by atoms with Crippen LogP contribution in [0.1, 0.15) is 31.4 Å². The average Bonchev–Trinajstić information content (AvgIpc) is 2.80. The van der Waals surface area contributed by atoms with Gasteiger partial charge in [-0.2, -0.15) is 0 Å². The number of amides is 1. The van der Waals surface area contributed by atoms with Gasteiger partial charge in [0.25, 0.3) is 0 Å². The van der Waals surface area contributed by atoms with Crippen LogP contribution in [0.3, 0.4) is 0 Å². The van der Waals surface area contributed by atoms with Gasteiger partial charge >= 0.3 is 6.09 Å². The van der Waals surface area contributed by atoms with Crippen molar-refractivity contribution in [1.29, 1.82) is 0 Å². The Morgan fingerprint density at radius 3 is 2.95 bits per heavy atom. The van der Waals surface area contributed by atoms with E-state index in [4.69, 9.17) is 16.3 Å². The molecule has 1 N–H and O–H groups in total. The first kappa shape index (κ1) is 16.1. The fourth-order valence-corrected chi connectivity index (χ4v) is 2.67. The van der Waals surface area contributed by atoms with Gasteiger partial charge in [0, 0.05) is 11.6 Å². The SMILES string of the molecule is CCCCOC(=O)NN1CC(c2ccccc2Cl)N(C)C1. The second-order valence-corrected chi connectivity index (χ2v) is 5.67. The molecule has 1 aliphatic heterocycles. The first-order valence-corrected chi connectivity index (χ1v) is 7.62. The van der Waals surface area contributed by atoms with E-state index in [9.17, 15) is 4.79 Å². The summed E-state index contributed by atoms with van der Waals surface area (Å²) in [6, 6.07) is 7.97. The molecule has 5 nitrogen and oxygen atoms in total. The van der Waals surface area contributed by atoms with Crippen LogP contribution in [-0.2, 0) is 4.74 Å². The molecule has 1 fully saturated rings. The molecule has 0 bridgehead atoms. The number of nitrogens with zero attached hydrogens (tertiary/aromatic N) is 2. The normalized spacial score (nSPS) is 19.7. The van der Waals surface area contributed by atoms with Gasteiger partial charge in [0.15, 0.2) is 0 Å². The van der Waals surface area contributed by atoms with E-state index < -0.39 is 6.09 Å². The molecule has 2 rings (SSSR count). The molecule has 1 amide bonds. The maximum Gasteiger partial charge on any atom is 0.421 e. The maximum atomic E-state index is 11.7. The molecular weight excluding hydrogens is 290 g/mol. The van der Waals surface area contributed by atoms with E-state index in [-0.39, 0.29) is 6.04 Å². The van der Waals surface area contributed by atoms with Crippen molar-refractivity contribution in [3.63, 3.8) is 0 Å². The van der Waals surface area contributed by atoms with E-state index >= 15 is 0 Å². The fourth-order valence-electron chi connectivity index (χ4n) is 2.41. The zero-order valence-electron chi connectivity index (χ0n) is 12.5. The Morgan fingerprint density at radius 2 is 2.24 bits per heavy atom. The van der Waals surface area contributed by atoms with E-state index in [0.29, 0.717) is 19.8 Å². The summed E-state index contributed by atoms with van der Waals surface area (Å²) in [6.07, 6.45) is 1.50. The second kappa shape index (κ2) is 7.64. The highest BCUT2D eigenvalue weighted by atomic mass is 35.5. The van der Waals surface area contributed by atoms with Gasteiger partial charge in [-0.15, -0.1) is 0 Å². The summed E-state index contributed by atoms with van der Waals surface area (Å²) in [4.78, 5) is 13.8. The molecule has 1 aliphatic rings. The third-order valence-electron chi connectivity index (χ3n) is 3.56. The molecule has 0 aliphatic carbocycles. The van der Waals surface area contributed by atoms with Gasteiger partial charge in [-0.3, -0.25) is 10.3 Å². The molecule has 1 atom stereocenters. The lowest BCUT2D eigenvalue weighted by Gasteiger charge is -2.18. The number of nitrogens with one attached hydrogen (secondary N) is 1. The van der Waals surface area contributed by atoms with Gasteiger partial charge in [0.05, 0.1) is 19.3 Å². The van der Waals surface area contributed by atoms with Crippen LogP contribution in [0, 0.1) is 0 Å².